The van der Waals surface area contributed by atoms with Crippen LogP contribution in [0.4, 0.5) is 0 Å². The summed E-state index contributed by atoms with van der Waals surface area (Å²) in [4.78, 5) is 0. The maximum atomic E-state index is 5.97. The third kappa shape index (κ3) is 3.42. The Morgan fingerprint density at radius 1 is 0.958 bits per heavy atom. The van der Waals surface area contributed by atoms with Gasteiger partial charge in [0, 0.05) is 13.2 Å². The minimum absolute atomic E-state index is 0.200. The molecule has 4 atom stereocenters. The number of rotatable bonds is 5. The van der Waals surface area contributed by atoms with Gasteiger partial charge in [0.05, 0.1) is 14.2 Å². The molecule has 1 aromatic rings. The smallest absolute Gasteiger partial charge is 0.187 e. The molecule has 2 heterocycles. The maximum absolute atomic E-state index is 5.97. The van der Waals surface area contributed by atoms with E-state index in [9.17, 15) is 0 Å². The predicted molar refractivity (Wildman–Crippen MR) is 88.1 cm³/mol. The van der Waals surface area contributed by atoms with Gasteiger partial charge in [-0.3, -0.25) is 0 Å². The van der Waals surface area contributed by atoms with Gasteiger partial charge in [0.25, 0.3) is 0 Å². The molecule has 0 saturated carbocycles. The van der Waals surface area contributed by atoms with Crippen molar-refractivity contribution < 1.29 is 28.4 Å². The summed E-state index contributed by atoms with van der Waals surface area (Å²) < 4.78 is 33.7. The SMILES string of the molecule is COc1cc(/C=C/[C@H]2OC(OC)[C@@H]3OC(C)(C)O[C@H]23)cc(OC)c1. The summed E-state index contributed by atoms with van der Waals surface area (Å²) >= 11 is 0. The number of methoxy groups -OCH3 is 3. The second kappa shape index (κ2) is 6.72. The minimum Gasteiger partial charge on any atom is -0.497 e. The van der Waals surface area contributed by atoms with Crippen LogP contribution in [0.3, 0.4) is 0 Å². The highest BCUT2D eigenvalue weighted by molar-refractivity contribution is 5.55. The molecular formula is C18H24O6. The molecule has 2 aliphatic rings. The normalized spacial score (nSPS) is 31.4. The van der Waals surface area contributed by atoms with Crippen molar-refractivity contribution in [2.24, 2.45) is 0 Å². The third-order valence-electron chi connectivity index (χ3n) is 4.13. The fourth-order valence-corrected chi connectivity index (χ4v) is 3.07. The van der Waals surface area contributed by atoms with Crippen molar-refractivity contribution in [1.29, 1.82) is 0 Å². The molecule has 0 radical (unpaired) electrons. The highest BCUT2D eigenvalue weighted by atomic mass is 16.8. The minimum atomic E-state index is -0.638. The van der Waals surface area contributed by atoms with Gasteiger partial charge in [-0.1, -0.05) is 12.2 Å². The quantitative estimate of drug-likeness (QED) is 0.824. The van der Waals surface area contributed by atoms with Gasteiger partial charge in [-0.15, -0.1) is 0 Å². The average Bonchev–Trinajstić information content (AvgIpc) is 3.05. The number of ether oxygens (including phenoxy) is 6. The van der Waals surface area contributed by atoms with Crippen LogP contribution in [0, 0.1) is 0 Å². The first-order valence-electron chi connectivity index (χ1n) is 7.91. The van der Waals surface area contributed by atoms with E-state index in [0.29, 0.717) is 0 Å². The number of fused-ring (bicyclic) bond motifs is 1. The monoisotopic (exact) mass is 336 g/mol. The second-order valence-corrected chi connectivity index (χ2v) is 6.27. The van der Waals surface area contributed by atoms with E-state index in [-0.39, 0.29) is 18.3 Å². The predicted octanol–water partition coefficient (Wildman–Crippen LogP) is 2.61. The lowest BCUT2D eigenvalue weighted by Gasteiger charge is -2.22. The summed E-state index contributed by atoms with van der Waals surface area (Å²) in [6.45, 7) is 3.79. The summed E-state index contributed by atoms with van der Waals surface area (Å²) in [5.41, 5.74) is 0.949. The van der Waals surface area contributed by atoms with E-state index >= 15 is 0 Å². The summed E-state index contributed by atoms with van der Waals surface area (Å²) in [6.07, 6.45) is 2.79. The second-order valence-electron chi connectivity index (χ2n) is 6.27. The molecule has 1 aromatic carbocycles. The summed E-state index contributed by atoms with van der Waals surface area (Å²) in [5.74, 6) is 0.826. The van der Waals surface area contributed by atoms with Gasteiger partial charge in [0.1, 0.15) is 29.8 Å². The summed E-state index contributed by atoms with van der Waals surface area (Å²) in [6, 6.07) is 5.68. The lowest BCUT2D eigenvalue weighted by Crippen LogP contribution is -2.30. The van der Waals surface area contributed by atoms with Gasteiger partial charge in [-0.25, -0.2) is 0 Å². The highest BCUT2D eigenvalue weighted by Crippen LogP contribution is 2.39. The standard InChI is InChI=1S/C18H24O6/c1-18(2)23-15-14(22-17(21-5)16(15)24-18)7-6-11-8-12(19-3)10-13(9-11)20-4/h6-10,14-17H,1-5H3/b7-6+/t14-,15-,16-,17?/m1/s1. The Hall–Kier alpha value is -1.60. The molecular weight excluding hydrogens is 312 g/mol. The van der Waals surface area contributed by atoms with Gasteiger partial charge in [-0.2, -0.15) is 0 Å². The van der Waals surface area contributed by atoms with E-state index in [1.54, 1.807) is 21.3 Å². The van der Waals surface area contributed by atoms with Crippen LogP contribution in [0.5, 0.6) is 11.5 Å². The Kier molecular flexibility index (Phi) is 4.83. The van der Waals surface area contributed by atoms with E-state index in [2.05, 4.69) is 0 Å². The summed E-state index contributed by atoms with van der Waals surface area (Å²) in [5, 5.41) is 0. The molecule has 0 amide bonds. The van der Waals surface area contributed by atoms with Crippen LogP contribution >= 0.6 is 0 Å². The Labute approximate surface area is 142 Å². The fourth-order valence-electron chi connectivity index (χ4n) is 3.07. The molecule has 0 aromatic heterocycles. The molecule has 0 spiro atoms. The molecule has 0 N–H and O–H groups in total. The van der Waals surface area contributed by atoms with Crippen LogP contribution in [0.25, 0.3) is 6.08 Å². The molecule has 3 rings (SSSR count). The fraction of sp³-hybridized carbons (Fsp3) is 0.556. The number of benzene rings is 1. The van der Waals surface area contributed by atoms with Crippen molar-refractivity contribution in [1.82, 2.24) is 0 Å². The number of hydrogen-bond acceptors (Lipinski definition) is 6. The van der Waals surface area contributed by atoms with Crippen molar-refractivity contribution >= 4 is 6.08 Å². The lowest BCUT2D eigenvalue weighted by molar-refractivity contribution is -0.221. The molecule has 1 unspecified atom stereocenters. The Bertz CT molecular complexity index is 589. The van der Waals surface area contributed by atoms with Crippen molar-refractivity contribution in [3.8, 4) is 11.5 Å². The zero-order valence-corrected chi connectivity index (χ0v) is 14.6. The zero-order chi connectivity index (χ0) is 17.3. The first kappa shape index (κ1) is 17.2. The van der Waals surface area contributed by atoms with Gasteiger partial charge in [-0.05, 0) is 31.5 Å². The highest BCUT2D eigenvalue weighted by Gasteiger charge is 2.54. The van der Waals surface area contributed by atoms with Crippen LogP contribution in [0.2, 0.25) is 0 Å². The average molecular weight is 336 g/mol. The molecule has 2 fully saturated rings. The van der Waals surface area contributed by atoms with Crippen molar-refractivity contribution in [2.45, 2.75) is 44.2 Å². The van der Waals surface area contributed by atoms with Gasteiger partial charge in [0.15, 0.2) is 12.1 Å². The van der Waals surface area contributed by atoms with Crippen molar-refractivity contribution in [3.63, 3.8) is 0 Å². The van der Waals surface area contributed by atoms with Gasteiger partial charge in [0.2, 0.25) is 0 Å². The van der Waals surface area contributed by atoms with Crippen LogP contribution in [-0.4, -0.2) is 51.7 Å². The molecule has 0 aliphatic carbocycles. The zero-order valence-electron chi connectivity index (χ0n) is 14.6. The molecule has 6 heteroatoms. The number of hydrogen-bond donors (Lipinski definition) is 0. The Balaban J connectivity index is 1.79. The van der Waals surface area contributed by atoms with E-state index in [1.165, 1.54) is 0 Å². The van der Waals surface area contributed by atoms with Crippen molar-refractivity contribution in [2.75, 3.05) is 21.3 Å². The third-order valence-corrected chi connectivity index (χ3v) is 4.13. The first-order valence-corrected chi connectivity index (χ1v) is 7.91. The van der Waals surface area contributed by atoms with Gasteiger partial charge >= 0.3 is 0 Å². The topological polar surface area (TPSA) is 55.4 Å². The Morgan fingerprint density at radius 3 is 2.17 bits per heavy atom. The Morgan fingerprint density at radius 2 is 1.58 bits per heavy atom. The lowest BCUT2D eigenvalue weighted by atomic mass is 10.1. The van der Waals surface area contributed by atoms with E-state index in [4.69, 9.17) is 28.4 Å². The van der Waals surface area contributed by atoms with E-state index < -0.39 is 12.1 Å². The largest absolute Gasteiger partial charge is 0.497 e. The molecule has 0 bridgehead atoms. The van der Waals surface area contributed by atoms with E-state index in [1.807, 2.05) is 44.2 Å². The molecule has 132 valence electrons. The van der Waals surface area contributed by atoms with E-state index in [0.717, 1.165) is 17.1 Å². The van der Waals surface area contributed by atoms with Crippen LogP contribution < -0.4 is 9.47 Å². The first-order chi connectivity index (χ1) is 11.5. The van der Waals surface area contributed by atoms with Crippen molar-refractivity contribution in [3.05, 3.63) is 29.8 Å². The molecule has 6 nitrogen and oxygen atoms in total. The van der Waals surface area contributed by atoms with Crippen LogP contribution in [-0.2, 0) is 18.9 Å². The van der Waals surface area contributed by atoms with Crippen LogP contribution in [0.1, 0.15) is 19.4 Å². The molecule has 2 saturated heterocycles. The molecule has 24 heavy (non-hydrogen) atoms. The summed E-state index contributed by atoms with van der Waals surface area (Å²) in [7, 11) is 4.86. The van der Waals surface area contributed by atoms with Crippen LogP contribution in [0.15, 0.2) is 24.3 Å². The van der Waals surface area contributed by atoms with Gasteiger partial charge < -0.3 is 28.4 Å². The molecule has 2 aliphatic heterocycles. The maximum Gasteiger partial charge on any atom is 0.187 e.